The van der Waals surface area contributed by atoms with Crippen LogP contribution in [0.2, 0.25) is 0 Å². The number of aromatic nitrogens is 2. The summed E-state index contributed by atoms with van der Waals surface area (Å²) in [6.45, 7) is 6.74. The van der Waals surface area contributed by atoms with Crippen LogP contribution in [0.3, 0.4) is 0 Å². The number of anilines is 1. The maximum Gasteiger partial charge on any atom is 0.222 e. The van der Waals surface area contributed by atoms with Gasteiger partial charge >= 0.3 is 0 Å². The summed E-state index contributed by atoms with van der Waals surface area (Å²) >= 11 is 0. The second kappa shape index (κ2) is 9.31. The van der Waals surface area contributed by atoms with Gasteiger partial charge in [-0.1, -0.05) is 43.7 Å². The van der Waals surface area contributed by atoms with Crippen LogP contribution < -0.4 is 4.90 Å². The van der Waals surface area contributed by atoms with Crippen LogP contribution in [0, 0.1) is 12.8 Å². The number of pyridine rings is 1. The van der Waals surface area contributed by atoms with Gasteiger partial charge in [-0.25, -0.2) is 4.98 Å². The van der Waals surface area contributed by atoms with Gasteiger partial charge in [0.1, 0.15) is 5.65 Å². The van der Waals surface area contributed by atoms with Crippen molar-refractivity contribution in [3.05, 3.63) is 53.9 Å². The maximum atomic E-state index is 12.6. The van der Waals surface area contributed by atoms with Gasteiger partial charge < -0.3 is 9.80 Å². The first kappa shape index (κ1) is 22.8. The van der Waals surface area contributed by atoms with Gasteiger partial charge in [-0.2, -0.15) is 0 Å². The first-order valence-electron chi connectivity index (χ1n) is 9.75. The van der Waals surface area contributed by atoms with Crippen molar-refractivity contribution < 1.29 is 4.79 Å². The van der Waals surface area contributed by atoms with E-state index in [9.17, 15) is 4.79 Å². The van der Waals surface area contributed by atoms with Crippen LogP contribution >= 0.6 is 12.4 Å². The number of aryl methyl sites for hydroxylation is 1. The molecule has 29 heavy (non-hydrogen) atoms. The molecule has 2 heterocycles. The molecule has 3 rings (SSSR count). The van der Waals surface area contributed by atoms with Gasteiger partial charge in [-0.05, 0) is 25.0 Å². The predicted molar refractivity (Wildman–Crippen MR) is 123 cm³/mol. The number of carbonyl (C=O) groups excluding carboxylic acids is 1. The number of rotatable bonds is 6. The highest BCUT2D eigenvalue weighted by atomic mass is 35.5. The topological polar surface area (TPSA) is 40.9 Å². The Morgan fingerprint density at radius 2 is 1.72 bits per heavy atom. The molecule has 0 saturated heterocycles. The highest BCUT2D eigenvalue weighted by Gasteiger charge is 2.19. The van der Waals surface area contributed by atoms with Gasteiger partial charge in [0.25, 0.3) is 0 Å². The zero-order valence-electron chi connectivity index (χ0n) is 18.1. The second-order valence-electron chi connectivity index (χ2n) is 8.13. The Labute approximate surface area is 179 Å². The molecule has 156 valence electrons. The third kappa shape index (κ3) is 5.10. The zero-order valence-corrected chi connectivity index (χ0v) is 19.0. The molecule has 0 spiro atoms. The van der Waals surface area contributed by atoms with E-state index in [0.717, 1.165) is 28.3 Å². The van der Waals surface area contributed by atoms with Crippen LogP contribution in [-0.2, 0) is 11.3 Å². The molecule has 1 amide bonds. The molecule has 0 atom stereocenters. The summed E-state index contributed by atoms with van der Waals surface area (Å²) in [5.74, 6) is 0.498. The Bertz CT molecular complexity index is 976. The van der Waals surface area contributed by atoms with Crippen LogP contribution in [0.15, 0.2) is 42.6 Å². The molecule has 0 fully saturated rings. The van der Waals surface area contributed by atoms with E-state index in [-0.39, 0.29) is 18.3 Å². The molecule has 6 heteroatoms. The largest absolute Gasteiger partial charge is 0.376 e. The van der Waals surface area contributed by atoms with Crippen molar-refractivity contribution in [1.29, 1.82) is 0 Å². The fourth-order valence-electron chi connectivity index (χ4n) is 3.26. The number of hydrogen-bond donors (Lipinski definition) is 0. The summed E-state index contributed by atoms with van der Waals surface area (Å²) in [6.07, 6.45) is 2.65. The summed E-state index contributed by atoms with van der Waals surface area (Å²) in [5.41, 5.74) is 6.23. The van der Waals surface area contributed by atoms with Crippen molar-refractivity contribution in [3.63, 3.8) is 0 Å². The molecule has 2 aromatic heterocycles. The maximum absolute atomic E-state index is 12.6. The summed E-state index contributed by atoms with van der Waals surface area (Å²) in [5, 5.41) is 0. The highest BCUT2D eigenvalue weighted by molar-refractivity contribution is 5.85. The minimum absolute atomic E-state index is 0. The van der Waals surface area contributed by atoms with Crippen molar-refractivity contribution in [3.8, 4) is 11.3 Å². The van der Waals surface area contributed by atoms with Gasteiger partial charge in [0.05, 0.1) is 23.6 Å². The first-order chi connectivity index (χ1) is 13.3. The minimum atomic E-state index is 0. The molecule has 0 saturated carbocycles. The van der Waals surface area contributed by atoms with E-state index < -0.39 is 0 Å². The summed E-state index contributed by atoms with van der Waals surface area (Å²) in [4.78, 5) is 21.3. The van der Waals surface area contributed by atoms with Crippen LogP contribution in [0.5, 0.6) is 0 Å². The number of amides is 1. The molecule has 0 aliphatic rings. The molecule has 0 N–H and O–H groups in total. The third-order valence-corrected chi connectivity index (χ3v) is 4.94. The molecule has 0 aliphatic carbocycles. The number of benzene rings is 1. The molecule has 0 unspecified atom stereocenters. The van der Waals surface area contributed by atoms with Crippen molar-refractivity contribution in [1.82, 2.24) is 14.3 Å². The predicted octanol–water partition coefficient (Wildman–Crippen LogP) is 4.80. The van der Waals surface area contributed by atoms with Gasteiger partial charge in [-0.3, -0.25) is 9.20 Å². The van der Waals surface area contributed by atoms with E-state index in [1.54, 1.807) is 0 Å². The third-order valence-electron chi connectivity index (χ3n) is 4.94. The minimum Gasteiger partial charge on any atom is -0.376 e. The molecule has 5 nitrogen and oxygen atoms in total. The number of nitrogens with zero attached hydrogens (tertiary/aromatic N) is 4. The quantitative estimate of drug-likeness (QED) is 0.581. The van der Waals surface area contributed by atoms with Crippen LogP contribution in [0.25, 0.3) is 16.9 Å². The van der Waals surface area contributed by atoms with Crippen molar-refractivity contribution in [2.45, 2.75) is 33.7 Å². The number of imidazole rings is 1. The Hall–Kier alpha value is -2.53. The number of carbonyl (C=O) groups is 1. The Morgan fingerprint density at radius 1 is 1.07 bits per heavy atom. The highest BCUT2D eigenvalue weighted by Crippen LogP contribution is 2.27. The number of halogens is 1. The lowest BCUT2D eigenvalue weighted by atomic mass is 10.1. The lowest BCUT2D eigenvalue weighted by Gasteiger charge is -2.20. The molecule has 3 aromatic rings. The monoisotopic (exact) mass is 414 g/mol. The lowest BCUT2D eigenvalue weighted by Crippen LogP contribution is -2.28. The standard InChI is InChI=1S/C23H30N4O.ClH/c1-16(2)13-22(28)26(6)15-20-23(18-9-7-17(3)8-10-18)24-21-12-11-19(25(4)5)14-27(20)21;/h7-12,14,16H,13,15H2,1-6H3;1H. The van der Waals surface area contributed by atoms with E-state index in [1.807, 2.05) is 32.1 Å². The summed E-state index contributed by atoms with van der Waals surface area (Å²) in [6, 6.07) is 12.5. The molecule has 1 aromatic carbocycles. The van der Waals surface area contributed by atoms with Crippen LogP contribution in [0.1, 0.15) is 31.5 Å². The van der Waals surface area contributed by atoms with E-state index in [2.05, 4.69) is 66.6 Å². The molecule has 0 bridgehead atoms. The SMILES string of the molecule is Cc1ccc(-c2nc3ccc(N(C)C)cn3c2CN(C)C(=O)CC(C)C)cc1.Cl. The fourth-order valence-corrected chi connectivity index (χ4v) is 3.26. The number of fused-ring (bicyclic) bond motifs is 1. The smallest absolute Gasteiger partial charge is 0.222 e. The average Bonchev–Trinajstić information content (AvgIpc) is 2.99. The molecule has 0 aliphatic heterocycles. The second-order valence-corrected chi connectivity index (χ2v) is 8.13. The van der Waals surface area contributed by atoms with E-state index in [4.69, 9.17) is 4.98 Å². The van der Waals surface area contributed by atoms with Crippen molar-refractivity contribution in [2.24, 2.45) is 5.92 Å². The summed E-state index contributed by atoms with van der Waals surface area (Å²) in [7, 11) is 5.92. The zero-order chi connectivity index (χ0) is 20.4. The fraction of sp³-hybridized carbons (Fsp3) is 0.391. The Balaban J connectivity index is 0.00000300. The van der Waals surface area contributed by atoms with E-state index >= 15 is 0 Å². The number of hydrogen-bond acceptors (Lipinski definition) is 3. The van der Waals surface area contributed by atoms with Crippen molar-refractivity contribution in [2.75, 3.05) is 26.0 Å². The Morgan fingerprint density at radius 3 is 2.31 bits per heavy atom. The Kier molecular flexibility index (Phi) is 7.31. The molecular weight excluding hydrogens is 384 g/mol. The average molecular weight is 415 g/mol. The van der Waals surface area contributed by atoms with E-state index in [0.29, 0.717) is 18.9 Å². The normalized spacial score (nSPS) is 10.9. The first-order valence-corrected chi connectivity index (χ1v) is 9.75. The molecular formula is C23H31ClN4O. The summed E-state index contributed by atoms with van der Waals surface area (Å²) < 4.78 is 2.11. The van der Waals surface area contributed by atoms with Gasteiger partial charge in [-0.15, -0.1) is 12.4 Å². The van der Waals surface area contributed by atoms with Gasteiger partial charge in [0, 0.05) is 39.3 Å². The van der Waals surface area contributed by atoms with Gasteiger partial charge in [0.2, 0.25) is 5.91 Å². The molecule has 0 radical (unpaired) electrons. The van der Waals surface area contributed by atoms with Crippen molar-refractivity contribution >= 4 is 29.6 Å². The van der Waals surface area contributed by atoms with Crippen LogP contribution in [-0.4, -0.2) is 41.3 Å². The lowest BCUT2D eigenvalue weighted by molar-refractivity contribution is -0.131. The van der Waals surface area contributed by atoms with E-state index in [1.165, 1.54) is 5.56 Å². The van der Waals surface area contributed by atoms with Gasteiger partial charge in [0.15, 0.2) is 0 Å². The van der Waals surface area contributed by atoms with Crippen LogP contribution in [0.4, 0.5) is 5.69 Å².